The predicted octanol–water partition coefficient (Wildman–Crippen LogP) is 0.366. The van der Waals surface area contributed by atoms with Gasteiger partial charge in [0.1, 0.15) is 0 Å². The molecule has 0 radical (unpaired) electrons. The second-order valence-corrected chi connectivity index (χ2v) is 5.35. The maximum Gasteiger partial charge on any atom is 0.241 e. The Hall–Kier alpha value is -1.08. The Morgan fingerprint density at radius 1 is 1.42 bits per heavy atom. The van der Waals surface area contributed by atoms with Crippen molar-refractivity contribution < 1.29 is 15.0 Å². The molecule has 2 unspecified atom stereocenters. The molecule has 0 aliphatic rings. The first-order valence-corrected chi connectivity index (χ1v) is 7.20. The summed E-state index contributed by atoms with van der Waals surface area (Å²) in [5.41, 5.74) is 4.16. The van der Waals surface area contributed by atoms with Crippen molar-refractivity contribution in [3.63, 3.8) is 0 Å². The van der Waals surface area contributed by atoms with E-state index in [0.717, 1.165) is 16.9 Å². The van der Waals surface area contributed by atoms with E-state index in [-0.39, 0.29) is 18.4 Å². The minimum Gasteiger partial charge on any atom is -0.394 e. The number of hydrazine groups is 1. The highest BCUT2D eigenvalue weighted by atomic mass is 32.2. The average molecular weight is 284 g/mol. The summed E-state index contributed by atoms with van der Waals surface area (Å²) in [6, 6.07) is 7.71. The molecule has 6 heteroatoms. The minimum absolute atomic E-state index is 0.211. The molecular formula is C13H20N2O3S. The summed E-state index contributed by atoms with van der Waals surface area (Å²) >= 11 is 1.55. The summed E-state index contributed by atoms with van der Waals surface area (Å²) in [6.45, 7) is 1.58. The number of carbonyl (C=O) groups is 1. The fraction of sp³-hybridized carbons (Fsp3) is 0.462. The van der Waals surface area contributed by atoms with Gasteiger partial charge in [-0.25, -0.2) is 5.84 Å². The summed E-state index contributed by atoms with van der Waals surface area (Å²) in [5.74, 6) is 5.87. The topological polar surface area (TPSA) is 95.6 Å². The number of carbonyl (C=O) groups excluding carboxylic acids is 1. The largest absolute Gasteiger partial charge is 0.394 e. The monoisotopic (exact) mass is 284 g/mol. The van der Waals surface area contributed by atoms with E-state index in [1.54, 1.807) is 18.7 Å². The number of nitrogens with two attached hydrogens (primary N) is 1. The lowest BCUT2D eigenvalue weighted by molar-refractivity contribution is -0.122. The number of rotatable bonds is 7. The average Bonchev–Trinajstić information content (AvgIpc) is 2.46. The van der Waals surface area contributed by atoms with Crippen LogP contribution in [0.5, 0.6) is 0 Å². The first-order chi connectivity index (χ1) is 9.08. The molecule has 1 aromatic carbocycles. The molecule has 0 aliphatic carbocycles. The number of benzene rings is 1. The van der Waals surface area contributed by atoms with E-state index in [9.17, 15) is 9.90 Å². The molecular weight excluding hydrogens is 264 g/mol. The Morgan fingerprint density at radius 3 is 2.58 bits per heavy atom. The van der Waals surface area contributed by atoms with Crippen molar-refractivity contribution in [3.8, 4) is 0 Å². The lowest BCUT2D eigenvalue weighted by Crippen LogP contribution is -2.33. The van der Waals surface area contributed by atoms with E-state index in [2.05, 4.69) is 5.43 Å². The predicted molar refractivity (Wildman–Crippen MR) is 76.4 cm³/mol. The zero-order valence-corrected chi connectivity index (χ0v) is 11.7. The second-order valence-electron chi connectivity index (χ2n) is 4.32. The summed E-state index contributed by atoms with van der Waals surface area (Å²) < 4.78 is 0. The molecule has 0 spiro atoms. The first-order valence-electron chi connectivity index (χ1n) is 6.04. The van der Waals surface area contributed by atoms with Gasteiger partial charge in [-0.3, -0.25) is 10.2 Å². The highest BCUT2D eigenvalue weighted by molar-refractivity contribution is 7.98. The normalized spacial score (nSPS) is 13.9. The zero-order chi connectivity index (χ0) is 14.3. The van der Waals surface area contributed by atoms with Crippen LogP contribution in [0.2, 0.25) is 0 Å². The second kappa shape index (κ2) is 8.16. The molecule has 0 aromatic heterocycles. The number of hydrogen-bond acceptors (Lipinski definition) is 5. The van der Waals surface area contributed by atoms with Crippen LogP contribution in [0, 0.1) is 0 Å². The molecule has 19 heavy (non-hydrogen) atoms. The van der Waals surface area contributed by atoms with Gasteiger partial charge in [-0.15, -0.1) is 0 Å². The fourth-order valence-electron chi connectivity index (χ4n) is 1.54. The third-order valence-corrected chi connectivity index (χ3v) is 3.96. The molecule has 106 valence electrons. The molecule has 0 heterocycles. The zero-order valence-electron chi connectivity index (χ0n) is 10.9. The summed E-state index contributed by atoms with van der Waals surface area (Å²) in [6.07, 6.45) is -0.669. The highest BCUT2D eigenvalue weighted by Gasteiger charge is 2.13. The van der Waals surface area contributed by atoms with Crippen LogP contribution in [0.4, 0.5) is 0 Å². The van der Waals surface area contributed by atoms with Crippen molar-refractivity contribution >= 4 is 17.7 Å². The van der Waals surface area contributed by atoms with E-state index in [1.807, 2.05) is 24.3 Å². The summed E-state index contributed by atoms with van der Waals surface area (Å²) in [7, 11) is 0. The van der Waals surface area contributed by atoms with Gasteiger partial charge >= 0.3 is 0 Å². The number of hydrogen-bond donors (Lipinski definition) is 4. The van der Waals surface area contributed by atoms with Crippen molar-refractivity contribution in [3.05, 3.63) is 35.4 Å². The Labute approximate surface area is 117 Å². The summed E-state index contributed by atoms with van der Waals surface area (Å²) in [5, 5.41) is 17.9. The number of nitrogens with one attached hydrogen (secondary N) is 1. The van der Waals surface area contributed by atoms with Crippen LogP contribution in [-0.2, 0) is 10.5 Å². The molecule has 1 rings (SSSR count). The van der Waals surface area contributed by atoms with Crippen molar-refractivity contribution in [2.24, 2.45) is 5.84 Å². The molecule has 0 fully saturated rings. The number of aliphatic hydroxyl groups excluding tert-OH is 2. The number of amides is 1. The standard InChI is InChI=1S/C13H20N2O3S/c1-9(13(18)15-14)11-4-2-10(3-5-11)7-19-8-12(17)6-16/h2-5,9,12,16-17H,6-8,14H2,1H3,(H,15,18). The van der Waals surface area contributed by atoms with Gasteiger partial charge in [0.25, 0.3) is 0 Å². The maximum atomic E-state index is 11.4. The molecule has 5 nitrogen and oxygen atoms in total. The van der Waals surface area contributed by atoms with Crippen LogP contribution in [-0.4, -0.2) is 34.6 Å². The fourth-order valence-corrected chi connectivity index (χ4v) is 2.47. The molecule has 5 N–H and O–H groups in total. The Morgan fingerprint density at radius 2 is 2.05 bits per heavy atom. The van der Waals surface area contributed by atoms with E-state index in [0.29, 0.717) is 5.75 Å². The number of thioether (sulfide) groups is 1. The van der Waals surface area contributed by atoms with Gasteiger partial charge in [0.15, 0.2) is 0 Å². The lowest BCUT2D eigenvalue weighted by atomic mass is 9.99. The quantitative estimate of drug-likeness (QED) is 0.329. The smallest absolute Gasteiger partial charge is 0.241 e. The van der Waals surface area contributed by atoms with Gasteiger partial charge in [0, 0.05) is 11.5 Å². The maximum absolute atomic E-state index is 11.4. The minimum atomic E-state index is -0.669. The van der Waals surface area contributed by atoms with Crippen LogP contribution in [0.3, 0.4) is 0 Å². The van der Waals surface area contributed by atoms with Gasteiger partial charge in [-0.05, 0) is 18.1 Å². The van der Waals surface area contributed by atoms with E-state index >= 15 is 0 Å². The van der Waals surface area contributed by atoms with Crippen molar-refractivity contribution in [1.29, 1.82) is 0 Å². The van der Waals surface area contributed by atoms with Gasteiger partial charge in [-0.2, -0.15) is 11.8 Å². The SMILES string of the molecule is CC(C(=O)NN)c1ccc(CSCC(O)CO)cc1. The van der Waals surface area contributed by atoms with Crippen molar-refractivity contribution in [2.45, 2.75) is 24.7 Å². The molecule has 0 aliphatic heterocycles. The number of aliphatic hydroxyl groups is 2. The van der Waals surface area contributed by atoms with Crippen molar-refractivity contribution in [1.82, 2.24) is 5.43 Å². The van der Waals surface area contributed by atoms with Crippen LogP contribution in [0.25, 0.3) is 0 Å². The Bertz CT molecular complexity index is 397. The van der Waals surface area contributed by atoms with Gasteiger partial charge in [0.2, 0.25) is 5.91 Å². The van der Waals surface area contributed by atoms with Crippen LogP contribution < -0.4 is 11.3 Å². The molecule has 2 atom stereocenters. The molecule has 0 bridgehead atoms. The van der Waals surface area contributed by atoms with Crippen molar-refractivity contribution in [2.75, 3.05) is 12.4 Å². The summed E-state index contributed by atoms with van der Waals surface area (Å²) in [4.78, 5) is 11.4. The Balaban J connectivity index is 2.50. The Kier molecular flexibility index (Phi) is 6.86. The van der Waals surface area contributed by atoms with E-state index in [4.69, 9.17) is 10.9 Å². The van der Waals surface area contributed by atoms with Gasteiger partial charge in [0.05, 0.1) is 18.6 Å². The highest BCUT2D eigenvalue weighted by Crippen LogP contribution is 2.18. The van der Waals surface area contributed by atoms with E-state index < -0.39 is 6.10 Å². The third kappa shape index (κ3) is 5.20. The van der Waals surface area contributed by atoms with Crippen LogP contribution in [0.15, 0.2) is 24.3 Å². The van der Waals surface area contributed by atoms with E-state index in [1.165, 1.54) is 0 Å². The molecule has 0 saturated carbocycles. The lowest BCUT2D eigenvalue weighted by Gasteiger charge is -2.11. The first kappa shape index (κ1) is 16.0. The van der Waals surface area contributed by atoms with Gasteiger partial charge < -0.3 is 10.2 Å². The van der Waals surface area contributed by atoms with Gasteiger partial charge in [-0.1, -0.05) is 24.3 Å². The third-order valence-electron chi connectivity index (χ3n) is 2.80. The van der Waals surface area contributed by atoms with Crippen LogP contribution >= 0.6 is 11.8 Å². The molecule has 1 amide bonds. The molecule has 1 aromatic rings. The van der Waals surface area contributed by atoms with Crippen LogP contribution in [0.1, 0.15) is 24.0 Å². The molecule has 0 saturated heterocycles.